The Morgan fingerprint density at radius 2 is 1.14 bits per heavy atom. The van der Waals surface area contributed by atoms with Crippen LogP contribution in [0, 0.1) is 5.41 Å². The fourth-order valence-corrected chi connectivity index (χ4v) is 3.46. The summed E-state index contributed by atoms with van der Waals surface area (Å²) in [5.41, 5.74) is 5.04. The van der Waals surface area contributed by atoms with Crippen LogP contribution < -0.4 is 0 Å². The third-order valence-corrected chi connectivity index (χ3v) is 5.37. The topological polar surface area (TPSA) is 27.1 Å². The highest BCUT2D eigenvalue weighted by Gasteiger charge is 2.16. The van der Waals surface area contributed by atoms with E-state index >= 15 is 0 Å². The third kappa shape index (κ3) is 6.05. The molecule has 2 nitrogen and oxygen atoms in total. The third-order valence-electron chi connectivity index (χ3n) is 5.37. The summed E-state index contributed by atoms with van der Waals surface area (Å²) in [6, 6.07) is 29.6. The molecule has 2 heteroatoms. The van der Waals surface area contributed by atoms with Gasteiger partial charge >= 0.3 is 0 Å². The van der Waals surface area contributed by atoms with Gasteiger partial charge in [0, 0.05) is 18.7 Å². The Morgan fingerprint density at radius 3 is 1.55 bits per heavy atom. The van der Waals surface area contributed by atoms with Gasteiger partial charge < -0.3 is 4.90 Å². The van der Waals surface area contributed by atoms with Gasteiger partial charge in [-0.2, -0.15) is 0 Å². The van der Waals surface area contributed by atoms with Crippen LogP contribution in [-0.2, 0) is 18.3 Å². The first-order valence-electron chi connectivity index (χ1n) is 10.5. The van der Waals surface area contributed by atoms with Crippen molar-refractivity contribution in [1.29, 1.82) is 5.41 Å². The summed E-state index contributed by atoms with van der Waals surface area (Å²) >= 11 is 0. The fourth-order valence-electron chi connectivity index (χ4n) is 3.46. The first kappa shape index (κ1) is 20.9. The van der Waals surface area contributed by atoms with Crippen LogP contribution in [0.3, 0.4) is 0 Å². The maximum atomic E-state index is 8.87. The molecule has 0 bridgehead atoms. The molecule has 0 aromatic heterocycles. The molecule has 0 amide bonds. The number of hydrogen-bond donors (Lipinski definition) is 1. The van der Waals surface area contributed by atoms with Gasteiger partial charge in [-0.05, 0) is 34.9 Å². The Hall–Kier alpha value is -2.87. The standard InChI is InChI=1S/C27H32N2/c1-27(2,3)25-16-14-24(15-17-25)26(28)29(20-18-22-10-6-4-7-11-22)21-19-23-12-8-5-9-13-23/h4-17,28H,18-21H2,1-3H3. The molecule has 0 aliphatic rings. The van der Waals surface area contributed by atoms with Crippen molar-refractivity contribution < 1.29 is 0 Å². The van der Waals surface area contributed by atoms with Crippen molar-refractivity contribution in [3.05, 3.63) is 107 Å². The summed E-state index contributed by atoms with van der Waals surface area (Å²) in [5, 5.41) is 8.87. The molecule has 0 atom stereocenters. The highest BCUT2D eigenvalue weighted by Crippen LogP contribution is 2.22. The molecule has 29 heavy (non-hydrogen) atoms. The predicted molar refractivity (Wildman–Crippen MR) is 124 cm³/mol. The molecule has 0 unspecified atom stereocenters. The van der Waals surface area contributed by atoms with Gasteiger partial charge in [0.25, 0.3) is 0 Å². The second kappa shape index (κ2) is 9.56. The smallest absolute Gasteiger partial charge is 0.128 e. The predicted octanol–water partition coefficient (Wildman–Crippen LogP) is 6.10. The Labute approximate surface area is 175 Å². The summed E-state index contributed by atoms with van der Waals surface area (Å²) < 4.78 is 0. The minimum atomic E-state index is 0.126. The zero-order chi connectivity index (χ0) is 20.7. The molecule has 0 heterocycles. The molecular weight excluding hydrogens is 352 g/mol. The Kier molecular flexibility index (Phi) is 6.87. The van der Waals surface area contributed by atoms with Crippen LogP contribution in [0.4, 0.5) is 0 Å². The van der Waals surface area contributed by atoms with Crippen molar-refractivity contribution in [1.82, 2.24) is 4.90 Å². The lowest BCUT2D eigenvalue weighted by Gasteiger charge is -2.26. The molecule has 3 aromatic rings. The molecule has 1 N–H and O–H groups in total. The van der Waals surface area contributed by atoms with E-state index in [1.54, 1.807) is 0 Å². The van der Waals surface area contributed by atoms with Crippen molar-refractivity contribution in [2.24, 2.45) is 0 Å². The van der Waals surface area contributed by atoms with Crippen molar-refractivity contribution in [2.75, 3.05) is 13.1 Å². The molecule has 0 spiro atoms. The molecule has 3 aromatic carbocycles. The van der Waals surface area contributed by atoms with E-state index in [9.17, 15) is 0 Å². The maximum Gasteiger partial charge on any atom is 0.128 e. The minimum absolute atomic E-state index is 0.126. The van der Waals surface area contributed by atoms with Crippen molar-refractivity contribution in [3.63, 3.8) is 0 Å². The Bertz CT molecular complexity index is 847. The van der Waals surface area contributed by atoms with Crippen LogP contribution in [0.15, 0.2) is 84.9 Å². The molecular formula is C27H32N2. The van der Waals surface area contributed by atoms with Gasteiger partial charge in [-0.15, -0.1) is 0 Å². The van der Waals surface area contributed by atoms with E-state index < -0.39 is 0 Å². The van der Waals surface area contributed by atoms with Crippen LogP contribution in [0.5, 0.6) is 0 Å². The highest BCUT2D eigenvalue weighted by molar-refractivity contribution is 5.96. The molecule has 3 rings (SSSR count). The number of amidine groups is 1. The average molecular weight is 385 g/mol. The largest absolute Gasteiger partial charge is 0.356 e. The summed E-state index contributed by atoms with van der Waals surface area (Å²) in [6.07, 6.45) is 1.89. The van der Waals surface area contributed by atoms with Crippen LogP contribution in [0.1, 0.15) is 43.0 Å². The molecule has 150 valence electrons. The Morgan fingerprint density at radius 1 is 0.690 bits per heavy atom. The van der Waals surface area contributed by atoms with Crippen molar-refractivity contribution in [2.45, 2.75) is 39.0 Å². The van der Waals surface area contributed by atoms with Crippen molar-refractivity contribution in [3.8, 4) is 0 Å². The summed E-state index contributed by atoms with van der Waals surface area (Å²) in [5.74, 6) is 0.609. The SMILES string of the molecule is CC(C)(C)c1ccc(C(=N)N(CCc2ccccc2)CCc2ccccc2)cc1. The number of benzene rings is 3. The molecule has 0 aliphatic heterocycles. The van der Waals surface area contributed by atoms with E-state index in [4.69, 9.17) is 5.41 Å². The second-order valence-corrected chi connectivity index (χ2v) is 8.63. The van der Waals surface area contributed by atoms with Crippen LogP contribution in [-0.4, -0.2) is 23.8 Å². The van der Waals surface area contributed by atoms with Crippen LogP contribution >= 0.6 is 0 Å². The van der Waals surface area contributed by atoms with Gasteiger partial charge in [0.2, 0.25) is 0 Å². The maximum absolute atomic E-state index is 8.87. The van der Waals surface area contributed by atoms with Crippen LogP contribution in [0.2, 0.25) is 0 Å². The van der Waals surface area contributed by atoms with Crippen LogP contribution in [0.25, 0.3) is 0 Å². The lowest BCUT2D eigenvalue weighted by atomic mass is 9.86. The number of rotatable bonds is 7. The van der Waals surface area contributed by atoms with E-state index in [1.807, 2.05) is 0 Å². The van der Waals surface area contributed by atoms with Gasteiger partial charge in [0.05, 0.1) is 0 Å². The zero-order valence-electron chi connectivity index (χ0n) is 17.9. The molecule has 0 saturated carbocycles. The lowest BCUT2D eigenvalue weighted by Crippen LogP contribution is -2.35. The first-order valence-corrected chi connectivity index (χ1v) is 10.5. The molecule has 0 fully saturated rings. The second-order valence-electron chi connectivity index (χ2n) is 8.63. The van der Waals surface area contributed by atoms with E-state index in [0.29, 0.717) is 5.84 Å². The fraction of sp³-hybridized carbons (Fsp3) is 0.296. The number of hydrogen-bond acceptors (Lipinski definition) is 1. The van der Waals surface area contributed by atoms with Gasteiger partial charge in [0.15, 0.2) is 0 Å². The average Bonchev–Trinajstić information content (AvgIpc) is 2.74. The lowest BCUT2D eigenvalue weighted by molar-refractivity contribution is 0.424. The zero-order valence-corrected chi connectivity index (χ0v) is 17.9. The van der Waals surface area contributed by atoms with E-state index in [1.165, 1.54) is 16.7 Å². The molecule has 0 aliphatic carbocycles. The normalized spacial score (nSPS) is 11.3. The van der Waals surface area contributed by atoms with E-state index in [-0.39, 0.29) is 5.41 Å². The number of nitrogens with zero attached hydrogens (tertiary/aromatic N) is 1. The quantitative estimate of drug-likeness (QED) is 0.387. The summed E-state index contributed by atoms with van der Waals surface area (Å²) in [6.45, 7) is 8.35. The van der Waals surface area contributed by atoms with Gasteiger partial charge in [-0.1, -0.05) is 106 Å². The summed E-state index contributed by atoms with van der Waals surface area (Å²) in [7, 11) is 0. The van der Waals surface area contributed by atoms with E-state index in [2.05, 4.69) is 111 Å². The minimum Gasteiger partial charge on any atom is -0.356 e. The highest BCUT2D eigenvalue weighted by atomic mass is 15.2. The summed E-state index contributed by atoms with van der Waals surface area (Å²) in [4.78, 5) is 2.21. The number of nitrogens with one attached hydrogen (secondary N) is 1. The van der Waals surface area contributed by atoms with Gasteiger partial charge in [-0.25, -0.2) is 0 Å². The Balaban J connectivity index is 1.74. The molecule has 0 radical (unpaired) electrons. The molecule has 0 saturated heterocycles. The monoisotopic (exact) mass is 384 g/mol. The van der Waals surface area contributed by atoms with E-state index in [0.717, 1.165) is 31.5 Å². The van der Waals surface area contributed by atoms with Crippen molar-refractivity contribution >= 4 is 5.84 Å². The van der Waals surface area contributed by atoms with Gasteiger partial charge in [-0.3, -0.25) is 5.41 Å². The first-order chi connectivity index (χ1) is 13.9. The van der Waals surface area contributed by atoms with Gasteiger partial charge in [0.1, 0.15) is 5.84 Å².